The fraction of sp³-hybridized carbons (Fsp3) is 0.556. The van der Waals surface area contributed by atoms with Crippen molar-refractivity contribution >= 4 is 11.9 Å². The second-order valence-corrected chi connectivity index (χ2v) is 6.33. The fourth-order valence-electron chi connectivity index (χ4n) is 3.52. The Morgan fingerprint density at radius 2 is 1.88 bits per heavy atom. The van der Waals surface area contributed by atoms with Crippen molar-refractivity contribution in [1.82, 2.24) is 4.90 Å². The van der Waals surface area contributed by atoms with Crippen LogP contribution in [0.25, 0.3) is 0 Å². The van der Waals surface area contributed by atoms with Gasteiger partial charge in [-0.05, 0) is 36.8 Å². The number of para-hydroxylation sites is 1. The smallest absolute Gasteiger partial charge is 0.323 e. The van der Waals surface area contributed by atoms with Crippen LogP contribution in [0.4, 0.5) is 0 Å². The summed E-state index contributed by atoms with van der Waals surface area (Å²) in [5.41, 5.74) is 1.04. The molecule has 2 heterocycles. The molecule has 1 N–H and O–H groups in total. The molecule has 1 aromatic rings. The van der Waals surface area contributed by atoms with E-state index in [-0.39, 0.29) is 24.4 Å². The van der Waals surface area contributed by atoms with Gasteiger partial charge >= 0.3 is 5.97 Å². The van der Waals surface area contributed by atoms with E-state index in [2.05, 4.69) is 0 Å². The first-order valence-electron chi connectivity index (χ1n) is 8.46. The van der Waals surface area contributed by atoms with Gasteiger partial charge in [0.25, 0.3) is 0 Å². The van der Waals surface area contributed by atoms with Gasteiger partial charge in [0.2, 0.25) is 5.91 Å². The van der Waals surface area contributed by atoms with Crippen molar-refractivity contribution in [3.8, 4) is 5.75 Å². The van der Waals surface area contributed by atoms with E-state index >= 15 is 0 Å². The Balaban J connectivity index is 1.72. The summed E-state index contributed by atoms with van der Waals surface area (Å²) in [7, 11) is 0. The molecular formula is C18H23NO5. The fourth-order valence-corrected chi connectivity index (χ4v) is 3.52. The van der Waals surface area contributed by atoms with E-state index in [1.165, 1.54) is 4.90 Å². The molecule has 0 radical (unpaired) electrons. The summed E-state index contributed by atoms with van der Waals surface area (Å²) in [6.45, 7) is 1.50. The third-order valence-corrected chi connectivity index (χ3v) is 4.76. The van der Waals surface area contributed by atoms with E-state index in [9.17, 15) is 14.7 Å². The molecule has 1 atom stereocenters. The number of carboxylic acids is 1. The van der Waals surface area contributed by atoms with Gasteiger partial charge in [0.05, 0.1) is 6.61 Å². The van der Waals surface area contributed by atoms with Crippen molar-refractivity contribution in [3.63, 3.8) is 0 Å². The number of rotatable bonds is 5. The van der Waals surface area contributed by atoms with Gasteiger partial charge in [-0.1, -0.05) is 18.2 Å². The van der Waals surface area contributed by atoms with Crippen molar-refractivity contribution in [1.29, 1.82) is 0 Å². The molecule has 1 fully saturated rings. The number of nitrogens with zero attached hydrogens (tertiary/aromatic N) is 1. The monoisotopic (exact) mass is 333 g/mol. The molecule has 0 aromatic heterocycles. The van der Waals surface area contributed by atoms with Crippen LogP contribution in [0.1, 0.15) is 37.2 Å². The predicted molar refractivity (Wildman–Crippen MR) is 87.1 cm³/mol. The highest BCUT2D eigenvalue weighted by atomic mass is 16.5. The SMILES string of the molecule is O=C(O)CN(C(=O)C[C@@H]1CCOc2ccccc21)C1CCOCC1. The van der Waals surface area contributed by atoms with Crippen molar-refractivity contribution in [2.45, 2.75) is 37.6 Å². The molecule has 0 spiro atoms. The highest BCUT2D eigenvalue weighted by Crippen LogP contribution is 2.36. The van der Waals surface area contributed by atoms with Crippen LogP contribution in [-0.4, -0.2) is 54.3 Å². The highest BCUT2D eigenvalue weighted by molar-refractivity contribution is 5.82. The lowest BCUT2D eigenvalue weighted by Crippen LogP contribution is -2.46. The summed E-state index contributed by atoms with van der Waals surface area (Å²) >= 11 is 0. The standard InChI is InChI=1S/C18H23NO5/c20-17(19(12-18(21)22)14-6-8-23-9-7-14)11-13-5-10-24-16-4-2-1-3-15(13)16/h1-4,13-14H,5-12H2,(H,21,22)/t13-/m0/s1. The minimum atomic E-state index is -0.970. The Labute approximate surface area is 141 Å². The average molecular weight is 333 g/mol. The molecule has 24 heavy (non-hydrogen) atoms. The van der Waals surface area contributed by atoms with Gasteiger partial charge in [-0.2, -0.15) is 0 Å². The number of hydrogen-bond donors (Lipinski definition) is 1. The van der Waals surface area contributed by atoms with E-state index in [0.29, 0.717) is 39.1 Å². The number of hydrogen-bond acceptors (Lipinski definition) is 4. The number of benzene rings is 1. The number of ether oxygens (including phenoxy) is 2. The minimum absolute atomic E-state index is 0.0440. The van der Waals surface area contributed by atoms with Crippen LogP contribution in [0.3, 0.4) is 0 Å². The van der Waals surface area contributed by atoms with Crippen molar-refractivity contribution in [2.75, 3.05) is 26.4 Å². The Morgan fingerprint density at radius 3 is 2.62 bits per heavy atom. The molecule has 2 aliphatic heterocycles. The molecule has 6 heteroatoms. The van der Waals surface area contributed by atoms with E-state index in [0.717, 1.165) is 17.7 Å². The molecule has 0 aliphatic carbocycles. The van der Waals surface area contributed by atoms with E-state index in [4.69, 9.17) is 9.47 Å². The zero-order valence-electron chi connectivity index (χ0n) is 13.6. The molecule has 6 nitrogen and oxygen atoms in total. The van der Waals surface area contributed by atoms with Crippen molar-refractivity contribution in [2.24, 2.45) is 0 Å². The first-order valence-corrected chi connectivity index (χ1v) is 8.46. The third kappa shape index (κ3) is 3.87. The van der Waals surface area contributed by atoms with Crippen LogP contribution in [0, 0.1) is 0 Å². The maximum Gasteiger partial charge on any atom is 0.323 e. The number of carbonyl (C=O) groups excluding carboxylic acids is 1. The van der Waals surface area contributed by atoms with E-state index in [1.54, 1.807) is 0 Å². The van der Waals surface area contributed by atoms with Crippen LogP contribution in [-0.2, 0) is 14.3 Å². The zero-order valence-corrected chi connectivity index (χ0v) is 13.6. The summed E-state index contributed by atoms with van der Waals surface area (Å²) in [6.07, 6.45) is 2.50. The van der Waals surface area contributed by atoms with Gasteiger partial charge in [-0.15, -0.1) is 0 Å². The zero-order chi connectivity index (χ0) is 16.9. The van der Waals surface area contributed by atoms with Crippen LogP contribution in [0.15, 0.2) is 24.3 Å². The molecule has 0 unspecified atom stereocenters. The average Bonchev–Trinajstić information content (AvgIpc) is 2.60. The lowest BCUT2D eigenvalue weighted by molar-refractivity contribution is -0.148. The number of carboxylic acid groups (broad SMARTS) is 1. The van der Waals surface area contributed by atoms with Gasteiger partial charge in [0.1, 0.15) is 12.3 Å². The molecule has 1 aromatic carbocycles. The lowest BCUT2D eigenvalue weighted by Gasteiger charge is -2.35. The molecule has 2 aliphatic rings. The number of fused-ring (bicyclic) bond motifs is 1. The molecule has 3 rings (SSSR count). The summed E-state index contributed by atoms with van der Waals surface area (Å²) < 4.78 is 11.0. The molecule has 0 bridgehead atoms. The number of aliphatic carboxylic acids is 1. The number of amides is 1. The van der Waals surface area contributed by atoms with Crippen LogP contribution in [0.5, 0.6) is 5.75 Å². The van der Waals surface area contributed by atoms with Crippen molar-refractivity contribution in [3.05, 3.63) is 29.8 Å². The first kappa shape index (κ1) is 16.8. The molecule has 130 valence electrons. The van der Waals surface area contributed by atoms with Crippen LogP contribution in [0.2, 0.25) is 0 Å². The van der Waals surface area contributed by atoms with Gasteiger partial charge in [0.15, 0.2) is 0 Å². The normalized spacial score (nSPS) is 20.8. The predicted octanol–water partition coefficient (Wildman–Crippen LogP) is 2.04. The lowest BCUT2D eigenvalue weighted by atomic mass is 9.89. The highest BCUT2D eigenvalue weighted by Gasteiger charge is 2.31. The molecule has 1 amide bonds. The maximum absolute atomic E-state index is 12.8. The van der Waals surface area contributed by atoms with Crippen LogP contribution >= 0.6 is 0 Å². The minimum Gasteiger partial charge on any atom is -0.493 e. The van der Waals surface area contributed by atoms with E-state index < -0.39 is 5.97 Å². The molecule has 1 saturated heterocycles. The Bertz CT molecular complexity index is 597. The second kappa shape index (κ2) is 7.66. The Kier molecular flexibility index (Phi) is 5.35. The molecule has 0 saturated carbocycles. The summed E-state index contributed by atoms with van der Waals surface area (Å²) in [6, 6.07) is 7.72. The van der Waals surface area contributed by atoms with Gasteiger partial charge in [-0.3, -0.25) is 9.59 Å². The molecular weight excluding hydrogens is 310 g/mol. The Hall–Kier alpha value is -2.08. The van der Waals surface area contributed by atoms with Crippen LogP contribution < -0.4 is 4.74 Å². The Morgan fingerprint density at radius 1 is 1.12 bits per heavy atom. The second-order valence-electron chi connectivity index (χ2n) is 6.33. The summed E-state index contributed by atoms with van der Waals surface area (Å²) in [5.74, 6) is -0.149. The third-order valence-electron chi connectivity index (χ3n) is 4.76. The van der Waals surface area contributed by atoms with Gasteiger partial charge in [-0.25, -0.2) is 0 Å². The van der Waals surface area contributed by atoms with Crippen molar-refractivity contribution < 1.29 is 24.2 Å². The van der Waals surface area contributed by atoms with Gasteiger partial charge in [0, 0.05) is 25.7 Å². The first-order chi connectivity index (χ1) is 11.6. The number of carbonyl (C=O) groups is 2. The quantitative estimate of drug-likeness (QED) is 0.892. The van der Waals surface area contributed by atoms with E-state index in [1.807, 2.05) is 24.3 Å². The maximum atomic E-state index is 12.8. The topological polar surface area (TPSA) is 76.1 Å². The summed E-state index contributed by atoms with van der Waals surface area (Å²) in [4.78, 5) is 25.6. The van der Waals surface area contributed by atoms with Gasteiger partial charge < -0.3 is 19.5 Å². The summed E-state index contributed by atoms with van der Waals surface area (Å²) in [5, 5.41) is 9.18. The largest absolute Gasteiger partial charge is 0.493 e.